The number of nitrogen functional groups attached to an aromatic ring is 1. The fraction of sp³-hybridized carbons (Fsp3) is 0.143. The molecule has 0 bridgehead atoms. The molecule has 2 N–H and O–H groups in total. The molecular weight excluding hydrogens is 392 g/mol. The summed E-state index contributed by atoms with van der Waals surface area (Å²) in [4.78, 5) is 30.2. The first-order valence-corrected chi connectivity index (χ1v) is 9.43. The lowest BCUT2D eigenvalue weighted by atomic mass is 10.1. The molecule has 4 rings (SSSR count). The third kappa shape index (κ3) is 3.30. The molecule has 0 atom stereocenters. The van der Waals surface area contributed by atoms with E-state index >= 15 is 0 Å². The van der Waals surface area contributed by atoms with Crippen LogP contribution in [0.4, 0.5) is 5.82 Å². The average Bonchev–Trinajstić information content (AvgIpc) is 2.72. The average molecular weight is 410 g/mol. The number of nitrogens with zero attached hydrogens (tertiary/aromatic N) is 3. The molecule has 3 heterocycles. The van der Waals surface area contributed by atoms with Gasteiger partial charge < -0.3 is 10.5 Å². The van der Waals surface area contributed by atoms with Crippen LogP contribution in [0.1, 0.15) is 22.8 Å². The van der Waals surface area contributed by atoms with E-state index in [1.165, 1.54) is 10.5 Å². The SMILES string of the molecule is CCOC(=O)c1cc2c(=O)n3ccccc3nc2[n+](Cc2ccccc2Cl)c1N. The Hall–Kier alpha value is -3.45. The summed E-state index contributed by atoms with van der Waals surface area (Å²) < 4.78 is 8.17. The van der Waals surface area contributed by atoms with Crippen molar-refractivity contribution >= 4 is 40.1 Å². The summed E-state index contributed by atoms with van der Waals surface area (Å²) in [6, 6.07) is 14.0. The molecule has 8 heteroatoms. The second-order valence-corrected chi connectivity index (χ2v) is 6.83. The van der Waals surface area contributed by atoms with Crippen LogP contribution in [0.3, 0.4) is 0 Å². The van der Waals surface area contributed by atoms with E-state index in [0.717, 1.165) is 5.56 Å². The quantitative estimate of drug-likeness (QED) is 0.318. The van der Waals surface area contributed by atoms with Crippen LogP contribution in [0.15, 0.2) is 59.5 Å². The highest BCUT2D eigenvalue weighted by atomic mass is 35.5. The van der Waals surface area contributed by atoms with E-state index in [-0.39, 0.29) is 35.5 Å². The van der Waals surface area contributed by atoms with E-state index in [9.17, 15) is 9.59 Å². The molecule has 7 nitrogen and oxygen atoms in total. The Bertz CT molecular complexity index is 1320. The second-order valence-electron chi connectivity index (χ2n) is 6.42. The largest absolute Gasteiger partial charge is 0.462 e. The standard InChI is InChI=1S/C21H17ClN4O3/c1-2-29-21(28)14-11-15-19(24-17-9-5-6-10-25(17)20(15)27)26(18(14)23)12-13-7-3-4-8-16(13)22/h3-11,23H,2,12H2,1H3/p+1. The van der Waals surface area contributed by atoms with E-state index in [4.69, 9.17) is 22.1 Å². The monoisotopic (exact) mass is 409 g/mol. The Morgan fingerprint density at radius 2 is 2.00 bits per heavy atom. The first-order chi connectivity index (χ1) is 14.0. The molecule has 0 aliphatic heterocycles. The van der Waals surface area contributed by atoms with Gasteiger partial charge in [0, 0.05) is 16.8 Å². The van der Waals surface area contributed by atoms with Gasteiger partial charge in [-0.05, 0) is 31.2 Å². The molecule has 1 aromatic carbocycles. The van der Waals surface area contributed by atoms with Gasteiger partial charge >= 0.3 is 5.97 Å². The zero-order chi connectivity index (χ0) is 20.5. The van der Waals surface area contributed by atoms with Crippen LogP contribution in [0.5, 0.6) is 0 Å². The minimum Gasteiger partial charge on any atom is -0.462 e. The van der Waals surface area contributed by atoms with Crippen molar-refractivity contribution < 1.29 is 14.1 Å². The van der Waals surface area contributed by atoms with E-state index < -0.39 is 5.97 Å². The molecular formula is C21H18ClN4O3+. The summed E-state index contributed by atoms with van der Waals surface area (Å²) in [7, 11) is 0. The Kier molecular flexibility index (Phi) is 4.90. The molecule has 4 aromatic rings. The smallest absolute Gasteiger partial charge is 0.344 e. The second kappa shape index (κ2) is 7.52. The van der Waals surface area contributed by atoms with Crippen molar-refractivity contribution in [1.29, 1.82) is 0 Å². The molecule has 0 saturated carbocycles. The molecule has 29 heavy (non-hydrogen) atoms. The van der Waals surface area contributed by atoms with Gasteiger partial charge in [-0.15, -0.1) is 0 Å². The summed E-state index contributed by atoms with van der Waals surface area (Å²) in [5, 5.41) is 0.810. The molecule has 0 spiro atoms. The van der Waals surface area contributed by atoms with Crippen molar-refractivity contribution in [3.63, 3.8) is 0 Å². The van der Waals surface area contributed by atoms with Gasteiger partial charge in [0.2, 0.25) is 11.5 Å². The number of ether oxygens (including phenoxy) is 1. The highest BCUT2D eigenvalue weighted by molar-refractivity contribution is 6.31. The summed E-state index contributed by atoms with van der Waals surface area (Å²) in [6.07, 6.45) is 1.63. The summed E-state index contributed by atoms with van der Waals surface area (Å²) in [6.45, 7) is 2.14. The van der Waals surface area contributed by atoms with Gasteiger partial charge in [0.25, 0.3) is 11.2 Å². The van der Waals surface area contributed by atoms with Crippen LogP contribution in [-0.2, 0) is 11.3 Å². The summed E-state index contributed by atoms with van der Waals surface area (Å²) in [5.41, 5.74) is 7.77. The number of esters is 1. The highest BCUT2D eigenvalue weighted by Gasteiger charge is 2.25. The minimum atomic E-state index is -0.600. The van der Waals surface area contributed by atoms with Crippen molar-refractivity contribution in [1.82, 2.24) is 9.38 Å². The number of hydrogen-bond acceptors (Lipinski definition) is 5. The first kappa shape index (κ1) is 18.9. The van der Waals surface area contributed by atoms with Gasteiger partial charge in [0.1, 0.15) is 10.9 Å². The first-order valence-electron chi connectivity index (χ1n) is 9.05. The van der Waals surface area contributed by atoms with Crippen LogP contribution in [0, 0.1) is 0 Å². The Labute approximate surface area is 170 Å². The van der Waals surface area contributed by atoms with Gasteiger partial charge in [0.15, 0.2) is 0 Å². The molecule has 0 unspecified atom stereocenters. The lowest BCUT2D eigenvalue weighted by Gasteiger charge is -2.12. The van der Waals surface area contributed by atoms with Crippen molar-refractivity contribution in [3.05, 3.63) is 81.2 Å². The number of anilines is 1. The highest BCUT2D eigenvalue weighted by Crippen LogP contribution is 2.19. The Morgan fingerprint density at radius 3 is 2.76 bits per heavy atom. The van der Waals surface area contributed by atoms with Crippen LogP contribution in [-0.4, -0.2) is 22.0 Å². The third-order valence-electron chi connectivity index (χ3n) is 4.64. The van der Waals surface area contributed by atoms with E-state index in [1.54, 1.807) is 42.0 Å². The maximum absolute atomic E-state index is 13.1. The number of benzene rings is 1. The topological polar surface area (TPSA) is 90.6 Å². The molecule has 146 valence electrons. The normalized spacial score (nSPS) is 11.1. The third-order valence-corrected chi connectivity index (χ3v) is 5.01. The molecule has 0 amide bonds. The van der Waals surface area contributed by atoms with Gasteiger partial charge in [-0.25, -0.2) is 9.36 Å². The number of pyridine rings is 2. The van der Waals surface area contributed by atoms with Gasteiger partial charge in [-0.1, -0.05) is 40.9 Å². The molecule has 0 radical (unpaired) electrons. The van der Waals surface area contributed by atoms with E-state index in [2.05, 4.69) is 4.98 Å². The molecule has 3 aromatic heterocycles. The number of halogens is 1. The number of fused-ring (bicyclic) bond motifs is 2. The number of carbonyl (C=O) groups excluding carboxylic acids is 1. The van der Waals surface area contributed by atoms with Crippen molar-refractivity contribution in [3.8, 4) is 0 Å². The van der Waals surface area contributed by atoms with Crippen LogP contribution in [0.2, 0.25) is 5.02 Å². The van der Waals surface area contributed by atoms with E-state index in [0.29, 0.717) is 16.3 Å². The maximum atomic E-state index is 13.1. The van der Waals surface area contributed by atoms with Crippen molar-refractivity contribution in [2.75, 3.05) is 12.3 Å². The zero-order valence-electron chi connectivity index (χ0n) is 15.6. The van der Waals surface area contributed by atoms with Gasteiger partial charge in [-0.3, -0.25) is 9.20 Å². The summed E-state index contributed by atoms with van der Waals surface area (Å²) in [5.74, 6) is -0.444. The number of aromatic nitrogens is 3. The molecule has 0 saturated heterocycles. The lowest BCUT2D eigenvalue weighted by Crippen LogP contribution is -2.42. The number of rotatable bonds is 4. The lowest BCUT2D eigenvalue weighted by molar-refractivity contribution is -0.649. The van der Waals surface area contributed by atoms with Crippen LogP contribution in [0.25, 0.3) is 16.7 Å². The summed E-state index contributed by atoms with van der Waals surface area (Å²) >= 11 is 6.32. The fourth-order valence-electron chi connectivity index (χ4n) is 3.23. The maximum Gasteiger partial charge on any atom is 0.344 e. The molecule has 0 fully saturated rings. The minimum absolute atomic E-state index is 0.112. The van der Waals surface area contributed by atoms with Crippen molar-refractivity contribution in [2.24, 2.45) is 0 Å². The Balaban J connectivity index is 2.07. The predicted molar refractivity (Wildman–Crippen MR) is 110 cm³/mol. The van der Waals surface area contributed by atoms with Crippen LogP contribution < -0.4 is 15.9 Å². The molecule has 0 aliphatic rings. The predicted octanol–water partition coefficient (Wildman–Crippen LogP) is 2.60. The molecule has 0 aliphatic carbocycles. The van der Waals surface area contributed by atoms with Gasteiger partial charge in [-0.2, -0.15) is 0 Å². The Morgan fingerprint density at radius 1 is 1.24 bits per heavy atom. The number of carbonyl (C=O) groups is 1. The number of hydrogen-bond donors (Lipinski definition) is 1. The van der Waals surface area contributed by atoms with Gasteiger partial charge in [0.05, 0.1) is 13.2 Å². The van der Waals surface area contributed by atoms with Crippen LogP contribution >= 0.6 is 11.6 Å². The van der Waals surface area contributed by atoms with Crippen molar-refractivity contribution in [2.45, 2.75) is 13.5 Å². The number of nitrogens with two attached hydrogens (primary N) is 1. The zero-order valence-corrected chi connectivity index (χ0v) is 16.4. The van der Waals surface area contributed by atoms with E-state index in [1.807, 2.05) is 18.2 Å². The fourth-order valence-corrected chi connectivity index (χ4v) is 3.43.